The Bertz CT molecular complexity index is 750. The molecule has 0 aliphatic rings. The summed E-state index contributed by atoms with van der Waals surface area (Å²) < 4.78 is 11.2. The molecule has 0 bridgehead atoms. The second-order valence-electron chi connectivity index (χ2n) is 5.87. The molecule has 0 atom stereocenters. The van der Waals surface area contributed by atoms with Crippen LogP contribution in [0.4, 0.5) is 4.79 Å². The molecule has 0 radical (unpaired) electrons. The van der Waals surface area contributed by atoms with Crippen LogP contribution in [0.25, 0.3) is 0 Å². The van der Waals surface area contributed by atoms with Gasteiger partial charge < -0.3 is 9.47 Å². The third kappa shape index (κ3) is 6.40. The molecule has 2 aromatic carbocycles. The van der Waals surface area contributed by atoms with Crippen LogP contribution in [0.15, 0.2) is 53.0 Å². The van der Waals surface area contributed by atoms with E-state index < -0.39 is 12.0 Å². The zero-order valence-electron chi connectivity index (χ0n) is 14.6. The number of halogens is 1. The summed E-state index contributed by atoms with van der Waals surface area (Å²) in [6, 6.07) is 14.9. The summed E-state index contributed by atoms with van der Waals surface area (Å²) in [4.78, 5) is 23.3. The summed E-state index contributed by atoms with van der Waals surface area (Å²) in [5.41, 5.74) is 6.43. The molecule has 0 spiro atoms. The second kappa shape index (κ2) is 9.82. The van der Waals surface area contributed by atoms with Gasteiger partial charge in [-0.2, -0.15) is 0 Å². The molecule has 138 valence electrons. The maximum atomic E-state index is 11.8. The standard InChI is InChI=1S/C19H21BrN2O4/c1-13(2)15-8-9-17(16(20)10-15)25-12-18(23)21-22-19(24)26-11-14-6-4-3-5-7-14/h3-10,13H,11-12H2,1-2H3,(H,21,23)(H,22,24). The van der Waals surface area contributed by atoms with Crippen molar-refractivity contribution in [1.82, 2.24) is 10.9 Å². The van der Waals surface area contributed by atoms with E-state index in [-0.39, 0.29) is 13.2 Å². The van der Waals surface area contributed by atoms with Crippen molar-refractivity contribution in [3.63, 3.8) is 0 Å². The van der Waals surface area contributed by atoms with Gasteiger partial charge in [-0.1, -0.05) is 50.2 Å². The number of nitrogens with one attached hydrogen (secondary N) is 2. The molecule has 0 aliphatic carbocycles. The van der Waals surface area contributed by atoms with Gasteiger partial charge in [-0.05, 0) is 45.1 Å². The first-order chi connectivity index (χ1) is 12.5. The highest BCUT2D eigenvalue weighted by molar-refractivity contribution is 9.10. The number of amides is 2. The van der Waals surface area contributed by atoms with E-state index in [4.69, 9.17) is 9.47 Å². The van der Waals surface area contributed by atoms with Gasteiger partial charge in [0.25, 0.3) is 5.91 Å². The van der Waals surface area contributed by atoms with Gasteiger partial charge in [0.05, 0.1) is 4.47 Å². The molecule has 2 rings (SSSR count). The molecule has 7 heteroatoms. The lowest BCUT2D eigenvalue weighted by Crippen LogP contribution is -2.44. The van der Waals surface area contributed by atoms with E-state index in [1.807, 2.05) is 42.5 Å². The SMILES string of the molecule is CC(C)c1ccc(OCC(=O)NNC(=O)OCc2ccccc2)c(Br)c1. The Morgan fingerprint density at radius 1 is 1.08 bits per heavy atom. The van der Waals surface area contributed by atoms with E-state index >= 15 is 0 Å². The fourth-order valence-electron chi connectivity index (χ4n) is 2.05. The fourth-order valence-corrected chi connectivity index (χ4v) is 2.56. The first kappa shape index (κ1) is 19.8. The topological polar surface area (TPSA) is 76.7 Å². The third-order valence-electron chi connectivity index (χ3n) is 3.50. The lowest BCUT2D eigenvalue weighted by atomic mass is 10.0. The molecular weight excluding hydrogens is 400 g/mol. The predicted octanol–water partition coefficient (Wildman–Crippen LogP) is 3.91. The summed E-state index contributed by atoms with van der Waals surface area (Å²) in [5.74, 6) is 0.451. The molecule has 0 saturated heterocycles. The van der Waals surface area contributed by atoms with Crippen LogP contribution < -0.4 is 15.6 Å². The molecule has 0 aliphatic heterocycles. The quantitative estimate of drug-likeness (QED) is 0.694. The van der Waals surface area contributed by atoms with E-state index in [0.717, 1.165) is 15.6 Å². The van der Waals surface area contributed by atoms with Gasteiger partial charge in [0.1, 0.15) is 12.4 Å². The maximum Gasteiger partial charge on any atom is 0.426 e. The Kier molecular flexibility index (Phi) is 7.47. The average Bonchev–Trinajstić information content (AvgIpc) is 2.64. The lowest BCUT2D eigenvalue weighted by molar-refractivity contribution is -0.124. The normalized spacial score (nSPS) is 10.3. The van der Waals surface area contributed by atoms with Gasteiger partial charge in [0.2, 0.25) is 0 Å². The van der Waals surface area contributed by atoms with Crippen molar-refractivity contribution in [2.24, 2.45) is 0 Å². The van der Waals surface area contributed by atoms with Gasteiger partial charge >= 0.3 is 6.09 Å². The Morgan fingerprint density at radius 2 is 1.81 bits per heavy atom. The Morgan fingerprint density at radius 3 is 2.46 bits per heavy atom. The van der Waals surface area contributed by atoms with Crippen molar-refractivity contribution < 1.29 is 19.1 Å². The fraction of sp³-hybridized carbons (Fsp3) is 0.263. The number of carbonyl (C=O) groups excluding carboxylic acids is 2. The molecule has 6 nitrogen and oxygen atoms in total. The molecule has 2 amide bonds. The number of benzene rings is 2. The molecule has 0 heterocycles. The highest BCUT2D eigenvalue weighted by Crippen LogP contribution is 2.28. The number of hydrogen-bond donors (Lipinski definition) is 2. The molecule has 0 fully saturated rings. The Balaban J connectivity index is 1.71. The lowest BCUT2D eigenvalue weighted by Gasteiger charge is -2.12. The van der Waals surface area contributed by atoms with Crippen LogP contribution in [-0.2, 0) is 16.1 Å². The van der Waals surface area contributed by atoms with Crippen molar-refractivity contribution >= 4 is 27.9 Å². The van der Waals surface area contributed by atoms with Crippen molar-refractivity contribution in [1.29, 1.82) is 0 Å². The van der Waals surface area contributed by atoms with Gasteiger partial charge in [0, 0.05) is 0 Å². The zero-order chi connectivity index (χ0) is 18.9. The molecule has 2 aromatic rings. The molecule has 2 N–H and O–H groups in total. The van der Waals surface area contributed by atoms with Crippen LogP contribution in [0, 0.1) is 0 Å². The molecule has 26 heavy (non-hydrogen) atoms. The van der Waals surface area contributed by atoms with E-state index in [9.17, 15) is 9.59 Å². The van der Waals surface area contributed by atoms with Crippen LogP contribution in [0.2, 0.25) is 0 Å². The third-order valence-corrected chi connectivity index (χ3v) is 4.12. The van der Waals surface area contributed by atoms with Crippen molar-refractivity contribution in [2.45, 2.75) is 26.4 Å². The summed E-state index contributed by atoms with van der Waals surface area (Å²) in [7, 11) is 0. The molecule has 0 unspecified atom stereocenters. The maximum absolute atomic E-state index is 11.8. The van der Waals surface area contributed by atoms with Crippen LogP contribution in [-0.4, -0.2) is 18.6 Å². The summed E-state index contributed by atoms with van der Waals surface area (Å²) in [6.07, 6.45) is -0.746. The number of hydrogen-bond acceptors (Lipinski definition) is 4. The highest BCUT2D eigenvalue weighted by atomic mass is 79.9. The Labute approximate surface area is 161 Å². The van der Waals surface area contributed by atoms with Gasteiger partial charge in [-0.3, -0.25) is 10.2 Å². The predicted molar refractivity (Wildman–Crippen MR) is 102 cm³/mol. The average molecular weight is 421 g/mol. The van der Waals surface area contributed by atoms with E-state index in [1.165, 1.54) is 0 Å². The smallest absolute Gasteiger partial charge is 0.426 e. The second-order valence-corrected chi connectivity index (χ2v) is 6.72. The van der Waals surface area contributed by atoms with E-state index in [2.05, 4.69) is 40.6 Å². The Hall–Kier alpha value is -2.54. The monoisotopic (exact) mass is 420 g/mol. The largest absolute Gasteiger partial charge is 0.483 e. The van der Waals surface area contributed by atoms with E-state index in [1.54, 1.807) is 6.07 Å². The minimum Gasteiger partial charge on any atom is -0.483 e. The molecule has 0 aromatic heterocycles. The molecular formula is C19H21BrN2O4. The van der Waals surface area contributed by atoms with Crippen LogP contribution in [0.3, 0.4) is 0 Å². The van der Waals surface area contributed by atoms with Crippen molar-refractivity contribution in [3.05, 3.63) is 64.1 Å². The number of carbonyl (C=O) groups is 2. The minimum absolute atomic E-state index is 0.119. The van der Waals surface area contributed by atoms with Crippen molar-refractivity contribution in [3.8, 4) is 5.75 Å². The number of ether oxygens (including phenoxy) is 2. The first-order valence-electron chi connectivity index (χ1n) is 8.13. The summed E-state index contributed by atoms with van der Waals surface area (Å²) in [6.45, 7) is 4.07. The first-order valence-corrected chi connectivity index (χ1v) is 8.93. The number of hydrazine groups is 1. The van der Waals surface area contributed by atoms with Crippen LogP contribution in [0.1, 0.15) is 30.9 Å². The van der Waals surface area contributed by atoms with Gasteiger partial charge in [-0.25, -0.2) is 10.2 Å². The van der Waals surface area contributed by atoms with Crippen LogP contribution in [0.5, 0.6) is 5.75 Å². The number of rotatable bonds is 6. The highest BCUT2D eigenvalue weighted by Gasteiger charge is 2.09. The van der Waals surface area contributed by atoms with Crippen molar-refractivity contribution in [2.75, 3.05) is 6.61 Å². The van der Waals surface area contributed by atoms with E-state index in [0.29, 0.717) is 11.7 Å². The van der Waals surface area contributed by atoms with Crippen LogP contribution >= 0.6 is 15.9 Å². The summed E-state index contributed by atoms with van der Waals surface area (Å²) >= 11 is 3.42. The summed E-state index contributed by atoms with van der Waals surface area (Å²) in [5, 5.41) is 0. The zero-order valence-corrected chi connectivity index (χ0v) is 16.2. The molecule has 0 saturated carbocycles. The van der Waals surface area contributed by atoms with Gasteiger partial charge in [-0.15, -0.1) is 0 Å². The minimum atomic E-state index is -0.746. The van der Waals surface area contributed by atoms with Gasteiger partial charge in [0.15, 0.2) is 6.61 Å².